The summed E-state index contributed by atoms with van der Waals surface area (Å²) in [4.78, 5) is 23.8. The first-order valence-electron chi connectivity index (χ1n) is 7.63. The normalized spacial score (nSPS) is 11.0. The number of benzene rings is 2. The van der Waals surface area contributed by atoms with Crippen LogP contribution in [0.3, 0.4) is 0 Å². The molecule has 0 saturated heterocycles. The van der Waals surface area contributed by atoms with E-state index in [1.54, 1.807) is 24.3 Å². The highest BCUT2D eigenvalue weighted by atomic mass is 16.2. The molecule has 3 rings (SSSR count). The zero-order chi connectivity index (χ0) is 17.0. The smallest absolute Gasteiger partial charge is 0.261 e. The largest absolute Gasteiger partial charge is 0.277 e. The number of rotatable bonds is 0. The lowest BCUT2D eigenvalue weighted by molar-refractivity contribution is 0.0693. The summed E-state index contributed by atoms with van der Waals surface area (Å²) in [6.07, 6.45) is 0. The molecule has 2 aromatic carbocycles. The molecule has 0 unspecified atom stereocenters. The first kappa shape index (κ1) is 19.6. The number of hydrogen-bond donors (Lipinski definition) is 0. The van der Waals surface area contributed by atoms with Gasteiger partial charge in [-0.3, -0.25) is 14.5 Å². The Balaban J connectivity index is 0.000000373. The Morgan fingerprint density at radius 3 is 1.14 bits per heavy atom. The number of amides is 2. The van der Waals surface area contributed by atoms with Gasteiger partial charge in [0.05, 0.1) is 11.1 Å². The van der Waals surface area contributed by atoms with Crippen LogP contribution in [0.4, 0.5) is 0 Å². The van der Waals surface area contributed by atoms with Crippen molar-refractivity contribution in [1.82, 2.24) is 4.90 Å². The second kappa shape index (κ2) is 11.3. The Labute approximate surface area is 133 Å². The van der Waals surface area contributed by atoms with Crippen LogP contribution in [0.5, 0.6) is 0 Å². The van der Waals surface area contributed by atoms with Crippen molar-refractivity contribution >= 4 is 11.8 Å². The fourth-order valence-electron chi connectivity index (χ4n) is 1.69. The van der Waals surface area contributed by atoms with Gasteiger partial charge in [-0.2, -0.15) is 0 Å². The third-order valence-corrected chi connectivity index (χ3v) is 2.66. The van der Waals surface area contributed by atoms with Gasteiger partial charge in [-0.1, -0.05) is 76.2 Å². The predicted octanol–water partition coefficient (Wildman–Crippen LogP) is 4.65. The molecule has 0 spiro atoms. The van der Waals surface area contributed by atoms with Crippen molar-refractivity contribution in [2.45, 2.75) is 27.7 Å². The number of carbonyl (C=O) groups excluding carboxylic acids is 2. The molecule has 3 nitrogen and oxygen atoms in total. The molecule has 118 valence electrons. The van der Waals surface area contributed by atoms with E-state index in [0.717, 1.165) is 4.90 Å². The minimum Gasteiger partial charge on any atom is -0.277 e. The van der Waals surface area contributed by atoms with Gasteiger partial charge in [0.25, 0.3) is 11.8 Å². The van der Waals surface area contributed by atoms with Crippen LogP contribution < -0.4 is 0 Å². The van der Waals surface area contributed by atoms with Gasteiger partial charge in [0.2, 0.25) is 0 Å². The van der Waals surface area contributed by atoms with Crippen molar-refractivity contribution in [3.8, 4) is 0 Å². The molecular weight excluding hydrogens is 274 g/mol. The molecule has 0 radical (unpaired) electrons. The minimum absolute atomic E-state index is 0.212. The zero-order valence-corrected chi connectivity index (χ0v) is 14.0. The second-order valence-corrected chi connectivity index (χ2v) is 3.87. The minimum atomic E-state index is -0.212. The van der Waals surface area contributed by atoms with Gasteiger partial charge in [0.15, 0.2) is 0 Å². The quantitative estimate of drug-likeness (QED) is 0.664. The molecule has 1 aliphatic heterocycles. The fourth-order valence-corrected chi connectivity index (χ4v) is 1.69. The van der Waals surface area contributed by atoms with Crippen LogP contribution in [0.25, 0.3) is 0 Å². The third kappa shape index (κ3) is 5.17. The van der Waals surface area contributed by atoms with Crippen LogP contribution in [-0.2, 0) is 0 Å². The molecule has 0 N–H and O–H groups in total. The SMILES string of the molecule is CC.CC.CN1C(=O)c2ccccc2C1=O.c1ccccc1. The molecule has 2 aromatic rings. The second-order valence-electron chi connectivity index (χ2n) is 3.87. The van der Waals surface area contributed by atoms with Gasteiger partial charge < -0.3 is 0 Å². The van der Waals surface area contributed by atoms with Crippen molar-refractivity contribution in [3.63, 3.8) is 0 Å². The Morgan fingerprint density at radius 1 is 0.591 bits per heavy atom. The van der Waals surface area contributed by atoms with Crippen molar-refractivity contribution < 1.29 is 9.59 Å². The maximum atomic E-state index is 11.3. The van der Waals surface area contributed by atoms with E-state index in [-0.39, 0.29) is 11.8 Å². The predicted molar refractivity (Wildman–Crippen MR) is 92.0 cm³/mol. The van der Waals surface area contributed by atoms with Crippen molar-refractivity contribution in [3.05, 3.63) is 71.8 Å². The average Bonchev–Trinajstić information content (AvgIpc) is 2.85. The molecule has 0 aliphatic carbocycles. The van der Waals surface area contributed by atoms with Gasteiger partial charge in [-0.05, 0) is 12.1 Å². The molecule has 0 bridgehead atoms. The number of imide groups is 1. The summed E-state index contributed by atoms with van der Waals surface area (Å²) in [5, 5.41) is 0. The maximum Gasteiger partial charge on any atom is 0.261 e. The summed E-state index contributed by atoms with van der Waals surface area (Å²) in [5.41, 5.74) is 1.01. The van der Waals surface area contributed by atoms with Gasteiger partial charge in [0.1, 0.15) is 0 Å². The topological polar surface area (TPSA) is 37.4 Å². The fraction of sp³-hybridized carbons (Fsp3) is 0.263. The maximum absolute atomic E-state index is 11.3. The molecule has 0 saturated carbocycles. The van der Waals surface area contributed by atoms with E-state index < -0.39 is 0 Å². The Bertz CT molecular complexity index is 503. The summed E-state index contributed by atoms with van der Waals surface area (Å²) >= 11 is 0. The molecule has 0 fully saturated rings. The highest BCUT2D eigenvalue weighted by Gasteiger charge is 2.31. The monoisotopic (exact) mass is 299 g/mol. The Kier molecular flexibility index (Phi) is 10.0. The molecular formula is C19H25NO2. The molecule has 0 aromatic heterocycles. The summed E-state index contributed by atoms with van der Waals surface area (Å²) in [7, 11) is 1.49. The van der Waals surface area contributed by atoms with Crippen LogP contribution in [0, 0.1) is 0 Å². The van der Waals surface area contributed by atoms with Crippen LogP contribution in [0.1, 0.15) is 48.4 Å². The molecule has 1 aliphatic rings. The van der Waals surface area contributed by atoms with Gasteiger partial charge in [-0.15, -0.1) is 0 Å². The molecule has 1 heterocycles. The van der Waals surface area contributed by atoms with E-state index in [1.165, 1.54) is 7.05 Å². The highest BCUT2D eigenvalue weighted by molar-refractivity contribution is 6.21. The van der Waals surface area contributed by atoms with E-state index in [4.69, 9.17) is 0 Å². The summed E-state index contributed by atoms with van der Waals surface area (Å²) in [6, 6.07) is 18.8. The van der Waals surface area contributed by atoms with E-state index in [0.29, 0.717) is 11.1 Å². The molecule has 22 heavy (non-hydrogen) atoms. The van der Waals surface area contributed by atoms with E-state index >= 15 is 0 Å². The lowest BCUT2D eigenvalue weighted by Crippen LogP contribution is -2.24. The van der Waals surface area contributed by atoms with Crippen LogP contribution in [-0.4, -0.2) is 23.8 Å². The third-order valence-electron chi connectivity index (χ3n) is 2.66. The van der Waals surface area contributed by atoms with Crippen molar-refractivity contribution in [1.29, 1.82) is 0 Å². The zero-order valence-electron chi connectivity index (χ0n) is 14.0. The number of fused-ring (bicyclic) bond motifs is 1. The Hall–Kier alpha value is -2.42. The highest BCUT2D eigenvalue weighted by Crippen LogP contribution is 2.20. The van der Waals surface area contributed by atoms with E-state index in [1.807, 2.05) is 64.1 Å². The summed E-state index contributed by atoms with van der Waals surface area (Å²) in [5.74, 6) is -0.425. The summed E-state index contributed by atoms with van der Waals surface area (Å²) < 4.78 is 0. The lowest BCUT2D eigenvalue weighted by atomic mass is 10.1. The Morgan fingerprint density at radius 2 is 0.864 bits per heavy atom. The number of nitrogens with zero attached hydrogens (tertiary/aromatic N) is 1. The van der Waals surface area contributed by atoms with Crippen molar-refractivity contribution in [2.24, 2.45) is 0 Å². The molecule has 2 amide bonds. The van der Waals surface area contributed by atoms with Gasteiger partial charge >= 0.3 is 0 Å². The first-order valence-corrected chi connectivity index (χ1v) is 7.63. The van der Waals surface area contributed by atoms with E-state index in [9.17, 15) is 9.59 Å². The van der Waals surface area contributed by atoms with Gasteiger partial charge in [0, 0.05) is 7.05 Å². The first-order chi connectivity index (χ1) is 10.7. The standard InChI is InChI=1S/C9H7NO2.C6H6.2C2H6/c1-10-8(11)6-4-2-3-5-7(6)9(10)12;1-2-4-6-5-3-1;2*1-2/h2-5H,1H3;1-6H;2*1-2H3. The van der Waals surface area contributed by atoms with E-state index in [2.05, 4.69) is 0 Å². The van der Waals surface area contributed by atoms with Crippen LogP contribution in [0.2, 0.25) is 0 Å². The summed E-state index contributed by atoms with van der Waals surface area (Å²) in [6.45, 7) is 8.00. The molecule has 0 atom stereocenters. The lowest BCUT2D eigenvalue weighted by Gasteiger charge is -2.02. The number of hydrogen-bond acceptors (Lipinski definition) is 2. The molecule has 3 heteroatoms. The average molecular weight is 299 g/mol. The van der Waals surface area contributed by atoms with Crippen LogP contribution in [0.15, 0.2) is 60.7 Å². The van der Waals surface area contributed by atoms with Gasteiger partial charge in [-0.25, -0.2) is 0 Å². The van der Waals surface area contributed by atoms with Crippen molar-refractivity contribution in [2.75, 3.05) is 7.05 Å². The number of carbonyl (C=O) groups is 2. The van der Waals surface area contributed by atoms with Crippen LogP contribution >= 0.6 is 0 Å².